The first-order chi connectivity index (χ1) is 6.85. The van der Waals surface area contributed by atoms with Gasteiger partial charge in [-0.05, 0) is 0 Å². The topological polar surface area (TPSA) is 155 Å². The van der Waals surface area contributed by atoms with Crippen LogP contribution in [0.3, 0.4) is 0 Å². The van der Waals surface area contributed by atoms with Crippen molar-refractivity contribution in [1.29, 1.82) is 0 Å². The van der Waals surface area contributed by atoms with E-state index in [2.05, 4.69) is 0 Å². The molecule has 0 aliphatic rings. The van der Waals surface area contributed by atoms with E-state index in [1.54, 1.807) is 0 Å². The summed E-state index contributed by atoms with van der Waals surface area (Å²) in [5.41, 5.74) is -4.74. The highest BCUT2D eigenvalue weighted by atomic mass is 31.2. The highest BCUT2D eigenvalue weighted by Gasteiger charge is 2.33. The molecule has 8 nitrogen and oxygen atoms in total. The lowest BCUT2D eigenvalue weighted by Crippen LogP contribution is -2.43. The van der Waals surface area contributed by atoms with Gasteiger partial charge in [-0.3, -0.25) is 4.79 Å². The van der Waals surface area contributed by atoms with Gasteiger partial charge < -0.3 is 34.0 Å². The van der Waals surface area contributed by atoms with Gasteiger partial charge in [0.2, 0.25) is 5.91 Å². The van der Waals surface area contributed by atoms with Crippen LogP contribution >= 0.6 is 15.2 Å². The Hall–Kier alpha value is -0.370. The number of amides is 1. The van der Waals surface area contributed by atoms with Gasteiger partial charge in [-0.15, -0.1) is 0 Å². The molecule has 0 aromatic carbocycles. The minimum atomic E-state index is -6.25. The van der Waals surface area contributed by atoms with Gasteiger partial charge in [0, 0.05) is 7.60 Å². The number of rotatable bonds is 5. The third kappa shape index (κ3) is 5.64. The van der Waals surface area contributed by atoms with Crippen LogP contribution in [0.1, 0.15) is 0 Å². The molecule has 0 aromatic heterocycles. The quantitative estimate of drug-likeness (QED) is 0.512. The fourth-order valence-corrected chi connectivity index (χ4v) is 1.27. The number of hydrogen-bond acceptors (Lipinski definition) is 7. The summed E-state index contributed by atoms with van der Waals surface area (Å²) in [5, 5.41) is 1.15. The lowest BCUT2D eigenvalue weighted by molar-refractivity contribution is -0.333. The SMILES string of the molecule is O=C(CP(=O)([O-])[O-])NCC(F)(F)P(=O)([O-])[O-]. The van der Waals surface area contributed by atoms with E-state index in [0.29, 0.717) is 0 Å². The zero-order chi connectivity index (χ0) is 13.2. The predicted octanol–water partition coefficient (Wildman–Crippen LogP) is -3.48. The molecule has 0 saturated heterocycles. The minimum Gasteiger partial charge on any atom is -0.810 e. The highest BCUT2D eigenvalue weighted by molar-refractivity contribution is 7.50. The molecule has 0 unspecified atom stereocenters. The molecule has 0 rings (SSSR count). The average molecular weight is 279 g/mol. The Morgan fingerprint density at radius 3 is 1.94 bits per heavy atom. The van der Waals surface area contributed by atoms with Crippen LogP contribution in [0, 0.1) is 0 Å². The molecule has 0 aromatic rings. The summed E-state index contributed by atoms with van der Waals surface area (Å²) >= 11 is 0. The second-order valence-corrected chi connectivity index (χ2v) is 5.90. The van der Waals surface area contributed by atoms with Gasteiger partial charge in [0.25, 0.3) is 5.66 Å². The lowest BCUT2D eigenvalue weighted by Gasteiger charge is -2.37. The van der Waals surface area contributed by atoms with Gasteiger partial charge in [0.1, 0.15) is 0 Å². The summed E-state index contributed by atoms with van der Waals surface area (Å²) in [5.74, 6) is -1.61. The Bertz CT molecular complexity index is 359. The van der Waals surface area contributed by atoms with Crippen molar-refractivity contribution < 1.29 is 42.3 Å². The van der Waals surface area contributed by atoms with Crippen molar-refractivity contribution in [1.82, 2.24) is 5.32 Å². The Balaban J connectivity index is 4.33. The summed E-state index contributed by atoms with van der Waals surface area (Å²) in [7, 11) is -11.5. The molecular formula is C4H5F2NO7P2-4. The Morgan fingerprint density at radius 2 is 1.62 bits per heavy atom. The molecule has 0 fully saturated rings. The fourth-order valence-electron chi connectivity index (χ4n) is 0.534. The van der Waals surface area contributed by atoms with Crippen molar-refractivity contribution in [3.63, 3.8) is 0 Å². The Labute approximate surface area is 88.0 Å². The molecule has 0 radical (unpaired) electrons. The van der Waals surface area contributed by atoms with Crippen LogP contribution in [0.4, 0.5) is 8.78 Å². The largest absolute Gasteiger partial charge is 0.810 e. The van der Waals surface area contributed by atoms with Gasteiger partial charge in [-0.25, -0.2) is 0 Å². The number of hydrogen-bond donors (Lipinski definition) is 1. The van der Waals surface area contributed by atoms with Crippen molar-refractivity contribution in [2.24, 2.45) is 0 Å². The van der Waals surface area contributed by atoms with Crippen LogP contribution < -0.4 is 24.9 Å². The monoisotopic (exact) mass is 279 g/mol. The number of carbonyl (C=O) groups is 1. The summed E-state index contributed by atoms with van der Waals surface area (Å²) < 4.78 is 44.7. The van der Waals surface area contributed by atoms with Gasteiger partial charge in [0.15, 0.2) is 0 Å². The Kier molecular flexibility index (Phi) is 4.75. The van der Waals surface area contributed by atoms with E-state index in [1.807, 2.05) is 0 Å². The first kappa shape index (κ1) is 15.6. The number of carbonyl (C=O) groups excluding carboxylic acids is 1. The van der Waals surface area contributed by atoms with Gasteiger partial charge in [0.05, 0.1) is 12.7 Å². The third-order valence-corrected chi connectivity index (χ3v) is 2.87. The van der Waals surface area contributed by atoms with E-state index in [1.165, 1.54) is 0 Å². The molecule has 16 heavy (non-hydrogen) atoms. The molecule has 0 saturated carbocycles. The van der Waals surface area contributed by atoms with Crippen LogP contribution in [-0.2, 0) is 13.9 Å². The zero-order valence-corrected chi connectivity index (χ0v) is 9.21. The summed E-state index contributed by atoms with van der Waals surface area (Å²) in [6, 6.07) is 0. The van der Waals surface area contributed by atoms with Gasteiger partial charge >= 0.3 is 0 Å². The van der Waals surface area contributed by atoms with Crippen LogP contribution in [0.25, 0.3) is 0 Å². The van der Waals surface area contributed by atoms with E-state index in [0.717, 1.165) is 5.32 Å². The summed E-state index contributed by atoms with van der Waals surface area (Å²) in [4.78, 5) is 50.4. The second-order valence-electron chi connectivity index (χ2n) is 2.71. The number of alkyl halides is 2. The molecule has 0 heterocycles. The molecule has 1 amide bonds. The first-order valence-electron chi connectivity index (χ1n) is 3.53. The molecule has 1 N–H and O–H groups in total. The van der Waals surface area contributed by atoms with Crippen LogP contribution in [0.2, 0.25) is 0 Å². The van der Waals surface area contributed by atoms with Crippen molar-refractivity contribution in [2.45, 2.75) is 5.66 Å². The maximum absolute atomic E-state index is 12.4. The molecule has 12 heteroatoms. The minimum absolute atomic E-state index is 1.15. The summed E-state index contributed by atoms with van der Waals surface area (Å²) in [6.45, 7) is -1.88. The fraction of sp³-hybridized carbons (Fsp3) is 0.750. The molecule has 0 aliphatic carbocycles. The van der Waals surface area contributed by atoms with Gasteiger partial charge in [-0.2, -0.15) is 8.78 Å². The van der Waals surface area contributed by atoms with Crippen molar-refractivity contribution in [3.05, 3.63) is 0 Å². The molecular weight excluding hydrogens is 274 g/mol. The van der Waals surface area contributed by atoms with Gasteiger partial charge in [-0.1, -0.05) is 7.60 Å². The average Bonchev–Trinajstić information content (AvgIpc) is 1.95. The molecule has 0 atom stereocenters. The normalized spacial score (nSPS) is 13.6. The Morgan fingerprint density at radius 1 is 1.19 bits per heavy atom. The van der Waals surface area contributed by atoms with E-state index < -0.39 is 39.5 Å². The molecule has 0 aliphatic heterocycles. The lowest BCUT2D eigenvalue weighted by atomic mass is 10.6. The summed E-state index contributed by atoms with van der Waals surface area (Å²) in [6.07, 6.45) is -1.59. The van der Waals surface area contributed by atoms with Crippen LogP contribution in [-0.4, -0.2) is 24.3 Å². The predicted molar refractivity (Wildman–Crippen MR) is 38.0 cm³/mol. The maximum Gasteiger partial charge on any atom is 0.288 e. The second kappa shape index (κ2) is 4.87. The molecule has 0 spiro atoms. The standard InChI is InChI=1S/C4H9F2NO7P2/c5-4(6,16(12,13)14)2-7-3(8)1-15(9,10)11/h1-2H2,(H,7,8)(H2,9,10,11)(H2,12,13,14)/p-4. The number of nitrogens with one attached hydrogen (secondary N) is 1. The van der Waals surface area contributed by atoms with E-state index in [9.17, 15) is 42.3 Å². The van der Waals surface area contributed by atoms with Crippen LogP contribution in [0.15, 0.2) is 0 Å². The van der Waals surface area contributed by atoms with Crippen molar-refractivity contribution in [2.75, 3.05) is 12.7 Å². The van der Waals surface area contributed by atoms with E-state index >= 15 is 0 Å². The smallest absolute Gasteiger partial charge is 0.288 e. The highest BCUT2D eigenvalue weighted by Crippen LogP contribution is 2.44. The third-order valence-electron chi connectivity index (χ3n) is 1.24. The maximum atomic E-state index is 12.4. The van der Waals surface area contributed by atoms with Crippen molar-refractivity contribution in [3.8, 4) is 0 Å². The number of halogens is 2. The zero-order valence-electron chi connectivity index (χ0n) is 7.42. The first-order valence-corrected chi connectivity index (χ1v) is 6.80. The molecule has 96 valence electrons. The van der Waals surface area contributed by atoms with Crippen LogP contribution in [0.5, 0.6) is 0 Å². The van der Waals surface area contributed by atoms with E-state index in [4.69, 9.17) is 0 Å². The molecule has 0 bridgehead atoms. The van der Waals surface area contributed by atoms with E-state index in [-0.39, 0.29) is 0 Å². The van der Waals surface area contributed by atoms with Crippen molar-refractivity contribution >= 4 is 21.1 Å².